The Morgan fingerprint density at radius 3 is 2.93 bits per heavy atom. The Hall–Kier alpha value is -2.44. The quantitative estimate of drug-likeness (QED) is 0.650. The minimum atomic E-state index is 0.610. The van der Waals surface area contributed by atoms with Crippen molar-refractivity contribution >= 4 is 27.6 Å². The number of nitrogens with zero attached hydrogens (tertiary/aromatic N) is 3. The fourth-order valence-electron chi connectivity index (χ4n) is 3.33. The van der Waals surface area contributed by atoms with Crippen LogP contribution in [0.15, 0.2) is 59.2 Å². The van der Waals surface area contributed by atoms with Crippen molar-refractivity contribution in [3.8, 4) is 5.75 Å². The molecule has 4 rings (SSSR count). The smallest absolute Gasteiger partial charge is 0.227 e. The molecule has 0 aliphatic carbocycles. The molecule has 2 heterocycles. The van der Waals surface area contributed by atoms with Gasteiger partial charge in [0.2, 0.25) is 5.95 Å². The number of benzene rings is 2. The van der Waals surface area contributed by atoms with Crippen molar-refractivity contribution in [1.29, 1.82) is 0 Å². The minimum absolute atomic E-state index is 0.610. The molecular weight excluding hydrogens is 404 g/mol. The normalized spacial score (nSPS) is 13.9. The zero-order valence-corrected chi connectivity index (χ0v) is 16.7. The van der Waals surface area contributed by atoms with Gasteiger partial charge in [0.05, 0.1) is 18.5 Å². The van der Waals surface area contributed by atoms with E-state index in [2.05, 4.69) is 55.4 Å². The van der Waals surface area contributed by atoms with Gasteiger partial charge in [0, 0.05) is 42.3 Å². The van der Waals surface area contributed by atoms with E-state index in [0.29, 0.717) is 5.95 Å². The van der Waals surface area contributed by atoms with E-state index in [1.807, 2.05) is 30.5 Å². The van der Waals surface area contributed by atoms with E-state index in [4.69, 9.17) is 9.72 Å². The number of nitrogens with one attached hydrogen (secondary N) is 1. The summed E-state index contributed by atoms with van der Waals surface area (Å²) in [6.07, 6.45) is 2.86. The summed E-state index contributed by atoms with van der Waals surface area (Å²) < 4.78 is 6.50. The average Bonchev–Trinajstić information content (AvgIpc) is 2.68. The van der Waals surface area contributed by atoms with E-state index >= 15 is 0 Å². The lowest BCUT2D eigenvalue weighted by Gasteiger charge is -2.28. The zero-order chi connectivity index (χ0) is 18.6. The molecule has 0 spiro atoms. The van der Waals surface area contributed by atoms with Crippen molar-refractivity contribution in [2.45, 2.75) is 19.5 Å². The van der Waals surface area contributed by atoms with E-state index in [1.54, 1.807) is 7.11 Å². The minimum Gasteiger partial charge on any atom is -0.495 e. The van der Waals surface area contributed by atoms with E-state index in [-0.39, 0.29) is 0 Å². The van der Waals surface area contributed by atoms with Gasteiger partial charge in [0.1, 0.15) is 5.75 Å². The lowest BCUT2D eigenvalue weighted by atomic mass is 10.1. The number of halogens is 1. The van der Waals surface area contributed by atoms with Gasteiger partial charge in [-0.25, -0.2) is 9.97 Å². The second-order valence-electron chi connectivity index (χ2n) is 6.58. The summed E-state index contributed by atoms with van der Waals surface area (Å²) in [6, 6.07) is 16.3. The molecule has 1 aromatic heterocycles. The zero-order valence-electron chi connectivity index (χ0n) is 15.2. The lowest BCUT2D eigenvalue weighted by Crippen LogP contribution is -2.31. The predicted molar refractivity (Wildman–Crippen MR) is 110 cm³/mol. The Balaban J connectivity index is 1.46. The Bertz CT molecular complexity index is 947. The van der Waals surface area contributed by atoms with Crippen molar-refractivity contribution in [2.24, 2.45) is 0 Å². The highest BCUT2D eigenvalue weighted by Crippen LogP contribution is 2.27. The van der Waals surface area contributed by atoms with Crippen LogP contribution in [-0.2, 0) is 19.5 Å². The van der Waals surface area contributed by atoms with Gasteiger partial charge >= 0.3 is 0 Å². The largest absolute Gasteiger partial charge is 0.495 e. The number of methoxy groups -OCH3 is 1. The summed E-state index contributed by atoms with van der Waals surface area (Å²) in [5.41, 5.74) is 4.49. The molecule has 0 unspecified atom stereocenters. The second kappa shape index (κ2) is 8.06. The highest BCUT2D eigenvalue weighted by molar-refractivity contribution is 9.10. The first-order valence-corrected chi connectivity index (χ1v) is 9.72. The number of rotatable bonds is 5. The number of fused-ring (bicyclic) bond motifs is 1. The van der Waals surface area contributed by atoms with E-state index < -0.39 is 0 Å². The molecule has 27 heavy (non-hydrogen) atoms. The number of hydrogen-bond acceptors (Lipinski definition) is 5. The molecule has 5 nitrogen and oxygen atoms in total. The highest BCUT2D eigenvalue weighted by Gasteiger charge is 2.19. The third kappa shape index (κ3) is 4.28. The molecular formula is C21H21BrN4O. The van der Waals surface area contributed by atoms with Crippen LogP contribution < -0.4 is 10.1 Å². The van der Waals surface area contributed by atoms with Crippen LogP contribution >= 0.6 is 15.9 Å². The molecule has 0 radical (unpaired) electrons. The number of ether oxygens (including phenoxy) is 1. The molecule has 6 heteroatoms. The molecule has 0 bridgehead atoms. The van der Waals surface area contributed by atoms with Crippen LogP contribution in [0.5, 0.6) is 5.75 Å². The summed E-state index contributed by atoms with van der Waals surface area (Å²) in [4.78, 5) is 11.7. The average molecular weight is 425 g/mol. The first-order valence-electron chi connectivity index (χ1n) is 8.93. The van der Waals surface area contributed by atoms with Gasteiger partial charge in [-0.05, 0) is 29.8 Å². The van der Waals surface area contributed by atoms with Gasteiger partial charge < -0.3 is 10.1 Å². The molecule has 0 saturated heterocycles. The summed E-state index contributed by atoms with van der Waals surface area (Å²) in [5, 5.41) is 3.26. The molecule has 1 aliphatic heterocycles. The molecule has 0 amide bonds. The van der Waals surface area contributed by atoms with Gasteiger partial charge in [-0.3, -0.25) is 4.90 Å². The van der Waals surface area contributed by atoms with Crippen LogP contribution in [0, 0.1) is 0 Å². The van der Waals surface area contributed by atoms with Gasteiger partial charge in [0.15, 0.2) is 0 Å². The summed E-state index contributed by atoms with van der Waals surface area (Å²) >= 11 is 3.54. The van der Waals surface area contributed by atoms with Gasteiger partial charge in [-0.1, -0.05) is 40.2 Å². The van der Waals surface area contributed by atoms with Gasteiger partial charge in [-0.15, -0.1) is 0 Å². The highest BCUT2D eigenvalue weighted by atomic mass is 79.9. The Morgan fingerprint density at radius 1 is 1.19 bits per heavy atom. The Labute approximate surface area is 167 Å². The molecule has 138 valence electrons. The Kier molecular flexibility index (Phi) is 5.36. The van der Waals surface area contributed by atoms with Crippen molar-refractivity contribution in [2.75, 3.05) is 19.0 Å². The maximum absolute atomic E-state index is 5.38. The van der Waals surface area contributed by atoms with Crippen molar-refractivity contribution < 1.29 is 4.74 Å². The summed E-state index contributed by atoms with van der Waals surface area (Å²) in [6.45, 7) is 2.79. The van der Waals surface area contributed by atoms with E-state index in [0.717, 1.165) is 47.7 Å². The molecule has 0 fully saturated rings. The molecule has 1 N–H and O–H groups in total. The van der Waals surface area contributed by atoms with Crippen LogP contribution in [0.1, 0.15) is 16.8 Å². The Morgan fingerprint density at radius 2 is 2.07 bits per heavy atom. The maximum Gasteiger partial charge on any atom is 0.227 e. The number of aromatic nitrogens is 2. The first kappa shape index (κ1) is 17.9. The SMILES string of the molecule is COc1ccccc1Nc1ncc2c(n1)CCN(Cc1cccc(Br)c1)C2. The third-order valence-electron chi connectivity index (χ3n) is 4.66. The first-order chi connectivity index (χ1) is 13.2. The van der Waals surface area contributed by atoms with E-state index in [1.165, 1.54) is 11.1 Å². The van der Waals surface area contributed by atoms with Gasteiger partial charge in [0.25, 0.3) is 0 Å². The molecule has 0 saturated carbocycles. The topological polar surface area (TPSA) is 50.3 Å². The van der Waals surface area contributed by atoms with Crippen LogP contribution in [0.3, 0.4) is 0 Å². The van der Waals surface area contributed by atoms with Gasteiger partial charge in [-0.2, -0.15) is 0 Å². The number of para-hydroxylation sites is 2. The van der Waals surface area contributed by atoms with Crippen LogP contribution in [0.25, 0.3) is 0 Å². The molecule has 1 aliphatic rings. The fraction of sp³-hybridized carbons (Fsp3) is 0.238. The van der Waals surface area contributed by atoms with Crippen molar-refractivity contribution in [1.82, 2.24) is 14.9 Å². The summed E-state index contributed by atoms with van der Waals surface area (Å²) in [7, 11) is 1.66. The standard InChI is InChI=1S/C21H21BrN4O/c1-27-20-8-3-2-7-19(20)25-21-23-12-16-14-26(10-9-18(16)24-21)13-15-5-4-6-17(22)11-15/h2-8,11-12H,9-10,13-14H2,1H3,(H,23,24,25). The summed E-state index contributed by atoms with van der Waals surface area (Å²) in [5.74, 6) is 1.39. The lowest BCUT2D eigenvalue weighted by molar-refractivity contribution is 0.243. The third-order valence-corrected chi connectivity index (χ3v) is 5.15. The van der Waals surface area contributed by atoms with Crippen molar-refractivity contribution in [3.63, 3.8) is 0 Å². The number of hydrogen-bond donors (Lipinski definition) is 1. The molecule has 3 aromatic rings. The molecule has 0 atom stereocenters. The van der Waals surface area contributed by atoms with Crippen LogP contribution in [0.2, 0.25) is 0 Å². The fourth-order valence-corrected chi connectivity index (χ4v) is 3.78. The van der Waals surface area contributed by atoms with E-state index in [9.17, 15) is 0 Å². The second-order valence-corrected chi connectivity index (χ2v) is 7.50. The molecule has 2 aromatic carbocycles. The number of anilines is 2. The van der Waals surface area contributed by atoms with Crippen LogP contribution in [-0.4, -0.2) is 28.5 Å². The monoisotopic (exact) mass is 424 g/mol. The van der Waals surface area contributed by atoms with Crippen LogP contribution in [0.4, 0.5) is 11.6 Å². The van der Waals surface area contributed by atoms with Crippen molar-refractivity contribution in [3.05, 3.63) is 76.0 Å². The maximum atomic E-state index is 5.38. The predicted octanol–water partition coefficient (Wildman–Crippen LogP) is 4.55.